The third kappa shape index (κ3) is 3.30. The van der Waals surface area contributed by atoms with Crippen LogP contribution >= 0.6 is 15.9 Å². The van der Waals surface area contributed by atoms with Crippen molar-refractivity contribution in [2.24, 2.45) is 0 Å². The van der Waals surface area contributed by atoms with Gasteiger partial charge in [0.05, 0.1) is 21.3 Å². The maximum atomic E-state index is 5.38. The monoisotopic (exact) mass is 365 g/mol. The summed E-state index contributed by atoms with van der Waals surface area (Å²) in [5, 5.41) is 3.40. The zero-order valence-corrected chi connectivity index (χ0v) is 15.0. The summed E-state index contributed by atoms with van der Waals surface area (Å²) >= 11 is 3.55. The molecule has 0 amide bonds. The number of hydrogen-bond donors (Lipinski definition) is 1. The first-order valence-electron chi connectivity index (χ1n) is 6.84. The van der Waals surface area contributed by atoms with Crippen molar-refractivity contribution in [2.75, 3.05) is 26.6 Å². The van der Waals surface area contributed by atoms with Crippen LogP contribution in [0.15, 0.2) is 28.7 Å². The Kier molecular flexibility index (Phi) is 5.19. The van der Waals surface area contributed by atoms with Crippen LogP contribution in [0, 0.1) is 13.8 Å². The second kappa shape index (κ2) is 6.92. The van der Waals surface area contributed by atoms with Crippen molar-refractivity contribution in [2.45, 2.75) is 13.8 Å². The van der Waals surface area contributed by atoms with Crippen LogP contribution in [0.3, 0.4) is 0 Å². The third-order valence-electron chi connectivity index (χ3n) is 3.45. The maximum absolute atomic E-state index is 5.38. The van der Waals surface area contributed by atoms with E-state index < -0.39 is 0 Å². The van der Waals surface area contributed by atoms with Crippen molar-refractivity contribution in [3.05, 3.63) is 39.9 Å². The first-order chi connectivity index (χ1) is 10.5. The molecule has 0 radical (unpaired) electrons. The highest BCUT2D eigenvalue weighted by Crippen LogP contribution is 2.41. The molecule has 2 aromatic carbocycles. The lowest BCUT2D eigenvalue weighted by atomic mass is 10.1. The molecule has 1 N–H and O–H groups in total. The van der Waals surface area contributed by atoms with Gasteiger partial charge < -0.3 is 19.5 Å². The van der Waals surface area contributed by atoms with Crippen LogP contribution in [0.1, 0.15) is 11.1 Å². The van der Waals surface area contributed by atoms with Crippen LogP contribution < -0.4 is 19.5 Å². The van der Waals surface area contributed by atoms with Gasteiger partial charge in [-0.25, -0.2) is 0 Å². The molecule has 2 rings (SSSR count). The minimum atomic E-state index is 0.583. The van der Waals surface area contributed by atoms with E-state index in [0.29, 0.717) is 17.2 Å². The van der Waals surface area contributed by atoms with Crippen LogP contribution in [0.2, 0.25) is 0 Å². The highest BCUT2D eigenvalue weighted by molar-refractivity contribution is 9.10. The predicted octanol–water partition coefficient (Wildman–Crippen LogP) is 4.84. The summed E-state index contributed by atoms with van der Waals surface area (Å²) < 4.78 is 17.2. The minimum absolute atomic E-state index is 0.583. The topological polar surface area (TPSA) is 39.7 Å². The lowest BCUT2D eigenvalue weighted by molar-refractivity contribution is 0.324. The van der Waals surface area contributed by atoms with Crippen molar-refractivity contribution in [1.82, 2.24) is 0 Å². The molecule has 0 aromatic heterocycles. The van der Waals surface area contributed by atoms with E-state index in [1.165, 1.54) is 5.56 Å². The van der Waals surface area contributed by atoms with Gasteiger partial charge >= 0.3 is 0 Å². The van der Waals surface area contributed by atoms with Crippen LogP contribution in [0.5, 0.6) is 17.2 Å². The Morgan fingerprint density at radius 2 is 1.41 bits per heavy atom. The molecule has 4 nitrogen and oxygen atoms in total. The number of anilines is 2. The number of methoxy groups -OCH3 is 3. The normalized spacial score (nSPS) is 10.3. The molecule has 0 aliphatic carbocycles. The minimum Gasteiger partial charge on any atom is -0.493 e. The number of benzene rings is 2. The van der Waals surface area contributed by atoms with Gasteiger partial charge in [-0.1, -0.05) is 15.9 Å². The van der Waals surface area contributed by atoms with Gasteiger partial charge in [-0.2, -0.15) is 0 Å². The Hall–Kier alpha value is -1.88. The molecule has 22 heavy (non-hydrogen) atoms. The molecule has 118 valence electrons. The van der Waals surface area contributed by atoms with Crippen molar-refractivity contribution < 1.29 is 14.2 Å². The molecular weight excluding hydrogens is 346 g/mol. The SMILES string of the molecule is COc1cc(Nc2cc(C)c(Br)cc2C)cc(OC)c1OC. The van der Waals surface area contributed by atoms with E-state index >= 15 is 0 Å². The zero-order chi connectivity index (χ0) is 16.3. The van der Waals surface area contributed by atoms with E-state index in [4.69, 9.17) is 14.2 Å². The first kappa shape index (κ1) is 16.5. The summed E-state index contributed by atoms with van der Waals surface area (Å²) in [7, 11) is 4.81. The fourth-order valence-electron chi connectivity index (χ4n) is 2.22. The maximum Gasteiger partial charge on any atom is 0.203 e. The standard InChI is InChI=1S/C17H20BrNO3/c1-10-7-14(11(2)6-13(10)18)19-12-8-15(20-3)17(22-5)16(9-12)21-4/h6-9,19H,1-5H3. The molecule has 5 heteroatoms. The molecule has 0 heterocycles. The Bertz CT molecular complexity index is 661. The van der Waals surface area contributed by atoms with E-state index in [9.17, 15) is 0 Å². The van der Waals surface area contributed by atoms with Gasteiger partial charge in [-0.15, -0.1) is 0 Å². The molecule has 0 saturated carbocycles. The summed E-state index contributed by atoms with van der Waals surface area (Å²) in [4.78, 5) is 0. The number of halogens is 1. The summed E-state index contributed by atoms with van der Waals surface area (Å²) in [5.74, 6) is 1.82. The Balaban J connectivity index is 2.44. The summed E-state index contributed by atoms with van der Waals surface area (Å²) in [6, 6.07) is 7.97. The number of rotatable bonds is 5. The Morgan fingerprint density at radius 1 is 0.818 bits per heavy atom. The van der Waals surface area contributed by atoms with E-state index in [1.807, 2.05) is 12.1 Å². The molecule has 0 bridgehead atoms. The number of ether oxygens (including phenoxy) is 3. The van der Waals surface area contributed by atoms with Crippen molar-refractivity contribution in [3.8, 4) is 17.2 Å². The average Bonchev–Trinajstić information content (AvgIpc) is 2.51. The van der Waals surface area contributed by atoms with E-state index in [0.717, 1.165) is 21.4 Å². The summed E-state index contributed by atoms with van der Waals surface area (Å²) in [5.41, 5.74) is 4.22. The summed E-state index contributed by atoms with van der Waals surface area (Å²) in [6.45, 7) is 4.12. The van der Waals surface area contributed by atoms with E-state index in [-0.39, 0.29) is 0 Å². The van der Waals surface area contributed by atoms with Crippen molar-refractivity contribution >= 4 is 27.3 Å². The quantitative estimate of drug-likeness (QED) is 0.822. The fourth-order valence-corrected chi connectivity index (χ4v) is 2.68. The molecule has 0 spiro atoms. The second-order valence-corrected chi connectivity index (χ2v) is 5.81. The van der Waals surface area contributed by atoms with E-state index in [1.54, 1.807) is 21.3 Å². The van der Waals surface area contributed by atoms with Gasteiger partial charge in [0.1, 0.15) is 0 Å². The second-order valence-electron chi connectivity index (χ2n) is 4.96. The van der Waals surface area contributed by atoms with Crippen LogP contribution in [0.25, 0.3) is 0 Å². The third-order valence-corrected chi connectivity index (χ3v) is 4.30. The number of hydrogen-bond acceptors (Lipinski definition) is 4. The molecule has 2 aromatic rings. The molecule has 0 fully saturated rings. The Labute approximate surface area is 139 Å². The molecule has 0 atom stereocenters. The molecule has 0 unspecified atom stereocenters. The smallest absolute Gasteiger partial charge is 0.203 e. The number of aryl methyl sites for hydroxylation is 2. The van der Waals surface area contributed by atoms with E-state index in [2.05, 4.69) is 47.2 Å². The van der Waals surface area contributed by atoms with Gasteiger partial charge in [-0.05, 0) is 37.1 Å². The van der Waals surface area contributed by atoms with Gasteiger partial charge in [0, 0.05) is 28.0 Å². The van der Waals surface area contributed by atoms with Crippen LogP contribution in [-0.4, -0.2) is 21.3 Å². The van der Waals surface area contributed by atoms with Crippen molar-refractivity contribution in [3.63, 3.8) is 0 Å². The lowest BCUT2D eigenvalue weighted by Gasteiger charge is -2.16. The molecule has 0 aliphatic heterocycles. The van der Waals surface area contributed by atoms with Crippen LogP contribution in [0.4, 0.5) is 11.4 Å². The average molecular weight is 366 g/mol. The van der Waals surface area contributed by atoms with Gasteiger partial charge in [-0.3, -0.25) is 0 Å². The fraction of sp³-hybridized carbons (Fsp3) is 0.294. The van der Waals surface area contributed by atoms with Gasteiger partial charge in [0.25, 0.3) is 0 Å². The molecule has 0 saturated heterocycles. The van der Waals surface area contributed by atoms with Crippen molar-refractivity contribution in [1.29, 1.82) is 0 Å². The van der Waals surface area contributed by atoms with Gasteiger partial charge in [0.15, 0.2) is 11.5 Å². The predicted molar refractivity (Wildman–Crippen MR) is 93.0 cm³/mol. The zero-order valence-electron chi connectivity index (χ0n) is 13.4. The molecular formula is C17H20BrNO3. The largest absolute Gasteiger partial charge is 0.493 e. The highest BCUT2D eigenvalue weighted by Gasteiger charge is 2.14. The first-order valence-corrected chi connectivity index (χ1v) is 7.63. The summed E-state index contributed by atoms with van der Waals surface area (Å²) in [6.07, 6.45) is 0. The highest BCUT2D eigenvalue weighted by atomic mass is 79.9. The number of nitrogens with one attached hydrogen (secondary N) is 1. The molecule has 0 aliphatic rings. The lowest BCUT2D eigenvalue weighted by Crippen LogP contribution is -1.99. The Morgan fingerprint density at radius 3 is 1.91 bits per heavy atom. The van der Waals surface area contributed by atoms with Gasteiger partial charge in [0.2, 0.25) is 5.75 Å². The van der Waals surface area contributed by atoms with Crippen LogP contribution in [-0.2, 0) is 0 Å².